The van der Waals surface area contributed by atoms with E-state index in [4.69, 9.17) is 56.8 Å². The lowest BCUT2D eigenvalue weighted by Crippen LogP contribution is -2.64. The summed E-state index contributed by atoms with van der Waals surface area (Å²) in [6, 6.07) is 0. The molecule has 3 rings (SSSR count). The first kappa shape index (κ1) is 44.5. The van der Waals surface area contributed by atoms with Gasteiger partial charge in [-0.05, 0) is 0 Å². The Balaban J connectivity index is 1.82. The number of carboxylic acid groups (broad SMARTS) is 2. The number of nitrogens with one attached hydrogen (secondary N) is 2. The minimum Gasteiger partial charge on any atom is -0.477 e. The summed E-state index contributed by atoms with van der Waals surface area (Å²) in [4.78, 5) is 96.5. The molecule has 0 bridgehead atoms. The van der Waals surface area contributed by atoms with Crippen molar-refractivity contribution < 1.29 is 105 Å². The lowest BCUT2D eigenvalue weighted by Gasteiger charge is -2.44. The maximum absolute atomic E-state index is 12.8. The fourth-order valence-corrected chi connectivity index (χ4v) is 5.01. The number of carboxylic acids is 2. The lowest BCUT2D eigenvalue weighted by molar-refractivity contribution is -0.316. The minimum atomic E-state index is -1.95. The Hall–Kier alpha value is -4.88. The summed E-state index contributed by atoms with van der Waals surface area (Å²) in [6.45, 7) is 3.56. The Morgan fingerprint density at radius 1 is 0.618 bits per heavy atom. The number of hydrogen-bond acceptors (Lipinski definition) is 20. The van der Waals surface area contributed by atoms with Crippen molar-refractivity contribution in [1.29, 1.82) is 0 Å². The van der Waals surface area contributed by atoms with Crippen molar-refractivity contribution in [3.8, 4) is 0 Å². The van der Waals surface area contributed by atoms with Gasteiger partial charge in [-0.1, -0.05) is 0 Å². The fraction of sp³-hybridized carbons (Fsp3) is 0.742. The predicted octanol–water partition coefficient (Wildman–Crippen LogP) is -1.66. The van der Waals surface area contributed by atoms with E-state index in [1.165, 1.54) is 13.8 Å². The molecule has 0 saturated carbocycles. The maximum Gasteiger partial charge on any atom is 0.407 e. The largest absolute Gasteiger partial charge is 0.477 e. The van der Waals surface area contributed by atoms with Crippen molar-refractivity contribution in [2.75, 3.05) is 46.1 Å². The number of hydrogen-bond donors (Lipinski definition) is 4. The van der Waals surface area contributed by atoms with Gasteiger partial charge in [0, 0.05) is 54.6 Å². The van der Waals surface area contributed by atoms with Gasteiger partial charge in [-0.15, -0.1) is 0 Å². The van der Waals surface area contributed by atoms with Crippen LogP contribution in [0.2, 0.25) is 0 Å². The van der Waals surface area contributed by atoms with Crippen molar-refractivity contribution >= 4 is 48.0 Å². The number of carbonyl (C=O) groups is 8. The second-order valence-electron chi connectivity index (χ2n) is 12.4. The van der Waals surface area contributed by atoms with E-state index in [0.29, 0.717) is 0 Å². The summed E-state index contributed by atoms with van der Waals surface area (Å²) in [5, 5.41) is 23.3. The van der Waals surface area contributed by atoms with Crippen LogP contribution in [-0.4, -0.2) is 165 Å². The highest BCUT2D eigenvalue weighted by molar-refractivity contribution is 5.75. The van der Waals surface area contributed by atoms with Gasteiger partial charge >= 0.3 is 48.0 Å². The molecular weight excluding hydrogens is 752 g/mol. The van der Waals surface area contributed by atoms with Crippen LogP contribution in [0.3, 0.4) is 0 Å². The highest BCUT2D eigenvalue weighted by Gasteiger charge is 2.53. The first-order valence-electron chi connectivity index (χ1n) is 16.6. The molecule has 3 heterocycles. The molecule has 0 aromatic heterocycles. The van der Waals surface area contributed by atoms with Gasteiger partial charge in [0.25, 0.3) is 11.6 Å². The molecule has 2 amide bonds. The Bertz CT molecular complexity index is 1360. The van der Waals surface area contributed by atoms with Crippen LogP contribution >= 0.6 is 0 Å². The summed E-state index contributed by atoms with van der Waals surface area (Å²) >= 11 is 0. The molecule has 3 fully saturated rings. The summed E-state index contributed by atoms with van der Waals surface area (Å²) in [6.07, 6.45) is -13.5. The molecular formula is C31H44N2O22. The van der Waals surface area contributed by atoms with Crippen molar-refractivity contribution in [3.05, 3.63) is 0 Å². The first-order chi connectivity index (χ1) is 25.7. The monoisotopic (exact) mass is 796 g/mol. The number of amides is 2. The Morgan fingerprint density at radius 2 is 1.02 bits per heavy atom. The van der Waals surface area contributed by atoms with Gasteiger partial charge in [-0.25, -0.2) is 19.2 Å². The minimum absolute atomic E-state index is 0.339. The number of aliphatic carboxylic acids is 2. The molecule has 24 heteroatoms. The first-order valence-corrected chi connectivity index (χ1v) is 16.6. The standard InChI is InChI=1S/C31H44N2O22/c1-14(34)44-13-21-22(49-15(2)35)23(50-16(3)36)24(51-17(4)37)25(55-21)52-18(7-32-28(42)53-19-9-45-30(5,26(38)39)46-10-19)8-33-29(43)54-20-11-47-31(6,27(40)41)48-12-20/h18-25H,7-13H2,1-6H3,(H,32,42)(H,33,43)(H,38,39)(H,40,41)/t18?,19?,20?,21-,22-,23+,24-,25+,30?,31?/m1/s1. The molecule has 4 N–H and O–H groups in total. The average Bonchev–Trinajstić information content (AvgIpc) is 3.09. The van der Waals surface area contributed by atoms with Gasteiger partial charge in [-0.2, -0.15) is 0 Å². The number of esters is 4. The fourth-order valence-electron chi connectivity index (χ4n) is 5.01. The number of carbonyl (C=O) groups excluding carboxylic acids is 6. The van der Waals surface area contributed by atoms with Crippen LogP contribution in [0.4, 0.5) is 9.59 Å². The summed E-state index contributed by atoms with van der Waals surface area (Å²) in [7, 11) is 0. The van der Waals surface area contributed by atoms with Crippen molar-refractivity contribution in [2.45, 2.75) is 102 Å². The zero-order valence-corrected chi connectivity index (χ0v) is 30.6. The molecule has 3 aliphatic rings. The summed E-state index contributed by atoms with van der Waals surface area (Å²) in [5.74, 6) is -10.2. The van der Waals surface area contributed by atoms with Crippen LogP contribution in [0.15, 0.2) is 0 Å². The van der Waals surface area contributed by atoms with Crippen LogP contribution in [0, 0.1) is 0 Å². The zero-order valence-electron chi connectivity index (χ0n) is 30.6. The van der Waals surface area contributed by atoms with Gasteiger partial charge < -0.3 is 77.7 Å². The molecule has 0 spiro atoms. The summed E-state index contributed by atoms with van der Waals surface area (Å²) < 4.78 is 64.3. The Kier molecular flexibility index (Phi) is 15.9. The zero-order chi connectivity index (χ0) is 41.1. The molecule has 0 radical (unpaired) electrons. The van der Waals surface area contributed by atoms with E-state index in [2.05, 4.69) is 10.6 Å². The molecule has 55 heavy (non-hydrogen) atoms. The van der Waals surface area contributed by atoms with E-state index in [1.54, 1.807) is 0 Å². The van der Waals surface area contributed by atoms with Crippen LogP contribution in [0.5, 0.6) is 0 Å². The second-order valence-corrected chi connectivity index (χ2v) is 12.4. The molecule has 310 valence electrons. The molecule has 0 aromatic carbocycles. The number of alkyl carbamates (subject to hydrolysis) is 2. The van der Waals surface area contributed by atoms with Crippen LogP contribution in [0.1, 0.15) is 41.5 Å². The molecule has 0 aliphatic carbocycles. The highest BCUT2D eigenvalue weighted by atomic mass is 16.8. The highest BCUT2D eigenvalue weighted by Crippen LogP contribution is 2.31. The third kappa shape index (κ3) is 13.4. The van der Waals surface area contributed by atoms with E-state index in [-0.39, 0.29) is 26.4 Å². The molecule has 3 aliphatic heterocycles. The van der Waals surface area contributed by atoms with Gasteiger partial charge in [-0.3, -0.25) is 19.2 Å². The van der Waals surface area contributed by atoms with Gasteiger partial charge in [0.15, 0.2) is 36.8 Å². The van der Waals surface area contributed by atoms with Gasteiger partial charge in [0.05, 0.1) is 32.5 Å². The van der Waals surface area contributed by atoms with E-state index < -0.39 is 128 Å². The van der Waals surface area contributed by atoms with Crippen LogP contribution in [0.25, 0.3) is 0 Å². The van der Waals surface area contributed by atoms with E-state index >= 15 is 0 Å². The van der Waals surface area contributed by atoms with Gasteiger partial charge in [0.1, 0.15) is 12.7 Å². The molecule has 24 nitrogen and oxygen atoms in total. The summed E-state index contributed by atoms with van der Waals surface area (Å²) in [5.41, 5.74) is 0. The normalized spacial score (nSPS) is 31.0. The molecule has 3 saturated heterocycles. The SMILES string of the molecule is CC(=O)OC[C@H]1O[C@H](OC(CNC(=O)OC2COC(C)(C(=O)O)OC2)CNC(=O)OC2COC(C)(C(=O)O)OC2)[C@H](OC(C)=O)[C@@H](OC(C)=O)[C@@H]1OC(C)=O. The third-order valence-electron chi connectivity index (χ3n) is 7.73. The maximum atomic E-state index is 12.8. The predicted molar refractivity (Wildman–Crippen MR) is 169 cm³/mol. The van der Waals surface area contributed by atoms with E-state index in [0.717, 1.165) is 27.7 Å². The molecule has 0 unspecified atom stereocenters. The van der Waals surface area contributed by atoms with E-state index in [1.807, 2.05) is 0 Å². The van der Waals surface area contributed by atoms with Gasteiger partial charge in [0.2, 0.25) is 0 Å². The molecule has 5 atom stereocenters. The van der Waals surface area contributed by atoms with Crippen LogP contribution in [-0.2, 0) is 85.6 Å². The lowest BCUT2D eigenvalue weighted by atomic mass is 9.98. The van der Waals surface area contributed by atoms with Crippen LogP contribution < -0.4 is 10.6 Å². The Morgan fingerprint density at radius 3 is 1.40 bits per heavy atom. The molecule has 0 aromatic rings. The Labute approximate surface area is 312 Å². The van der Waals surface area contributed by atoms with Crippen molar-refractivity contribution in [2.24, 2.45) is 0 Å². The third-order valence-corrected chi connectivity index (χ3v) is 7.73. The smallest absolute Gasteiger partial charge is 0.407 e. The second kappa shape index (κ2) is 19.6. The van der Waals surface area contributed by atoms with Crippen molar-refractivity contribution in [1.82, 2.24) is 10.6 Å². The number of ether oxygens (including phenoxy) is 12. The number of rotatable bonds is 15. The quantitative estimate of drug-likeness (QED) is 0.106. The van der Waals surface area contributed by atoms with Crippen molar-refractivity contribution in [3.63, 3.8) is 0 Å². The topological polar surface area (TPSA) is 312 Å². The van der Waals surface area contributed by atoms with E-state index in [9.17, 15) is 48.6 Å². The average molecular weight is 797 g/mol.